The van der Waals surface area contributed by atoms with E-state index in [0.717, 1.165) is 24.3 Å². The van der Waals surface area contributed by atoms with Crippen LogP contribution in [-0.4, -0.2) is 13.3 Å². The summed E-state index contributed by atoms with van der Waals surface area (Å²) in [5.41, 5.74) is 1.07. The molecule has 0 saturated carbocycles. The van der Waals surface area contributed by atoms with Crippen LogP contribution < -0.4 is 0 Å². The van der Waals surface area contributed by atoms with E-state index in [1.54, 1.807) is 0 Å². The van der Waals surface area contributed by atoms with Gasteiger partial charge in [-0.1, -0.05) is 0 Å². The number of thiophene rings is 1. The van der Waals surface area contributed by atoms with Gasteiger partial charge in [0.25, 0.3) is 0 Å². The molecule has 184 valence electrons. The first-order valence-corrected chi connectivity index (χ1v) is 16.0. The standard InChI is InChI=1S/C24H27ClINO5S2/c1-23(2,3)16-11-7-9-13-18(16)26(19-14-10-8-12-17(19)24(4,5)6)32-34(30,31)21-15-20(27(28)29)22(25)33-21/h7-15H,1-6H3. The summed E-state index contributed by atoms with van der Waals surface area (Å²) in [6.45, 7) is 12.5. The zero-order valence-corrected chi connectivity index (χ0v) is 24.3. The van der Waals surface area contributed by atoms with Crippen molar-refractivity contribution in [3.8, 4) is 0 Å². The van der Waals surface area contributed by atoms with Gasteiger partial charge >= 0.3 is 219 Å². The van der Waals surface area contributed by atoms with Crippen LogP contribution in [0.4, 0.5) is 5.69 Å². The molecule has 0 aliphatic rings. The third-order valence-corrected chi connectivity index (χ3v) is 14.4. The number of halogens is 2. The van der Waals surface area contributed by atoms with E-state index in [2.05, 4.69) is 41.5 Å². The molecule has 0 amide bonds. The monoisotopic (exact) mass is 635 g/mol. The summed E-state index contributed by atoms with van der Waals surface area (Å²) in [4.78, 5) is 10.5. The first-order valence-electron chi connectivity index (χ1n) is 10.4. The predicted octanol–water partition coefficient (Wildman–Crippen LogP) is 7.77. The Morgan fingerprint density at radius 1 is 0.912 bits per heavy atom. The molecule has 0 radical (unpaired) electrons. The first kappa shape index (κ1) is 27.1. The van der Waals surface area contributed by atoms with Crippen LogP contribution in [0.5, 0.6) is 0 Å². The molecule has 0 aliphatic heterocycles. The average molecular weight is 636 g/mol. The Bertz CT molecular complexity index is 1270. The number of nitro groups is 1. The van der Waals surface area contributed by atoms with Crippen molar-refractivity contribution in [2.75, 3.05) is 0 Å². The van der Waals surface area contributed by atoms with Crippen LogP contribution in [0.25, 0.3) is 0 Å². The van der Waals surface area contributed by atoms with E-state index in [4.69, 9.17) is 14.1 Å². The van der Waals surface area contributed by atoms with Gasteiger partial charge in [0.2, 0.25) is 0 Å². The number of benzene rings is 2. The van der Waals surface area contributed by atoms with Crippen molar-refractivity contribution in [3.63, 3.8) is 0 Å². The molecule has 6 nitrogen and oxygen atoms in total. The third kappa shape index (κ3) is 5.81. The zero-order valence-electron chi connectivity index (χ0n) is 19.8. The van der Waals surface area contributed by atoms with Crippen molar-refractivity contribution >= 4 is 59.0 Å². The molecule has 0 fully saturated rings. The van der Waals surface area contributed by atoms with Crippen LogP contribution in [0.15, 0.2) is 58.8 Å². The minimum absolute atomic E-state index is 0.197. The van der Waals surface area contributed by atoms with E-state index in [-0.39, 0.29) is 19.4 Å². The van der Waals surface area contributed by atoms with E-state index in [0.29, 0.717) is 11.3 Å². The van der Waals surface area contributed by atoms with Crippen LogP contribution in [-0.2, 0) is 23.5 Å². The summed E-state index contributed by atoms with van der Waals surface area (Å²) in [6.07, 6.45) is 0. The molecule has 0 saturated heterocycles. The summed E-state index contributed by atoms with van der Waals surface area (Å²) >= 11 is 3.50. The molecule has 3 aromatic rings. The second-order valence-electron chi connectivity index (χ2n) is 9.71. The van der Waals surface area contributed by atoms with Gasteiger partial charge in [-0.2, -0.15) is 0 Å². The van der Waals surface area contributed by atoms with E-state index in [1.807, 2.05) is 48.5 Å². The molecule has 0 N–H and O–H groups in total. The quantitative estimate of drug-likeness (QED) is 0.157. The Morgan fingerprint density at radius 2 is 1.35 bits per heavy atom. The summed E-state index contributed by atoms with van der Waals surface area (Å²) in [7, 11) is -4.32. The maximum absolute atomic E-state index is 13.4. The van der Waals surface area contributed by atoms with Crippen LogP contribution in [0.3, 0.4) is 0 Å². The van der Waals surface area contributed by atoms with Gasteiger partial charge in [0, 0.05) is 0 Å². The van der Waals surface area contributed by atoms with E-state index >= 15 is 0 Å². The topological polar surface area (TPSA) is 86.5 Å². The molecule has 0 bridgehead atoms. The van der Waals surface area contributed by atoms with Gasteiger partial charge in [-0.05, 0) is 0 Å². The molecule has 2 aromatic carbocycles. The maximum atomic E-state index is 13.4. The van der Waals surface area contributed by atoms with E-state index in [9.17, 15) is 18.5 Å². The first-order chi connectivity index (χ1) is 15.6. The molecular weight excluding hydrogens is 609 g/mol. The number of rotatable bonds is 6. The molecule has 34 heavy (non-hydrogen) atoms. The van der Waals surface area contributed by atoms with Gasteiger partial charge in [-0.15, -0.1) is 0 Å². The Hall–Kier alpha value is -1.53. The molecule has 0 unspecified atom stereocenters. The second-order valence-corrected chi connectivity index (χ2v) is 17.9. The molecule has 1 aromatic heterocycles. The van der Waals surface area contributed by atoms with Crippen LogP contribution >= 0.6 is 43.2 Å². The fourth-order valence-corrected chi connectivity index (χ4v) is 14.0. The van der Waals surface area contributed by atoms with Crippen molar-refractivity contribution in [3.05, 3.63) is 87.3 Å². The van der Waals surface area contributed by atoms with Crippen LogP contribution in [0, 0.1) is 17.3 Å². The third-order valence-electron chi connectivity index (χ3n) is 4.97. The van der Waals surface area contributed by atoms with Crippen LogP contribution in [0.1, 0.15) is 52.7 Å². The minimum atomic E-state index is -4.32. The molecular formula is C24H27ClINO5S2. The average Bonchev–Trinajstić information content (AvgIpc) is 3.14. The Kier molecular flexibility index (Phi) is 7.84. The number of hydrogen-bond acceptors (Lipinski definition) is 6. The Labute approximate surface area is 217 Å². The van der Waals surface area contributed by atoms with Crippen LogP contribution in [0.2, 0.25) is 4.34 Å². The number of hydrogen-bond donors (Lipinski definition) is 0. The van der Waals surface area contributed by atoms with Crippen molar-refractivity contribution in [1.29, 1.82) is 0 Å². The summed E-state index contributed by atoms with van der Waals surface area (Å²) in [6, 6.07) is 16.5. The van der Waals surface area contributed by atoms with Crippen molar-refractivity contribution in [1.82, 2.24) is 0 Å². The molecule has 1 heterocycles. The Balaban J connectivity index is 2.25. The van der Waals surface area contributed by atoms with Gasteiger partial charge in [-0.25, -0.2) is 0 Å². The van der Waals surface area contributed by atoms with Gasteiger partial charge in [0.1, 0.15) is 0 Å². The van der Waals surface area contributed by atoms with Crippen molar-refractivity contribution in [2.24, 2.45) is 0 Å². The van der Waals surface area contributed by atoms with Gasteiger partial charge < -0.3 is 0 Å². The van der Waals surface area contributed by atoms with Gasteiger partial charge in [0.15, 0.2) is 0 Å². The van der Waals surface area contributed by atoms with E-state index < -0.39 is 41.0 Å². The fourth-order valence-electron chi connectivity index (χ4n) is 3.32. The molecule has 0 atom stereocenters. The molecule has 10 heteroatoms. The molecule has 3 rings (SSSR count). The molecule has 0 spiro atoms. The van der Waals surface area contributed by atoms with Crippen molar-refractivity contribution in [2.45, 2.75) is 56.6 Å². The van der Waals surface area contributed by atoms with Gasteiger partial charge in [0.05, 0.1) is 0 Å². The Morgan fingerprint density at radius 3 is 1.74 bits per heavy atom. The molecule has 0 aliphatic carbocycles. The summed E-state index contributed by atoms with van der Waals surface area (Å²) < 4.78 is 34.2. The number of nitrogens with zero attached hydrogens (tertiary/aromatic N) is 1. The fraction of sp³-hybridized carbons (Fsp3) is 0.333. The van der Waals surface area contributed by atoms with Gasteiger partial charge in [-0.3, -0.25) is 0 Å². The van der Waals surface area contributed by atoms with Crippen molar-refractivity contribution < 1.29 is 15.9 Å². The zero-order chi connectivity index (χ0) is 25.5. The second kappa shape index (κ2) is 9.85. The summed E-state index contributed by atoms with van der Waals surface area (Å²) in [5, 5.41) is 11.2. The van der Waals surface area contributed by atoms with E-state index in [1.165, 1.54) is 0 Å². The predicted molar refractivity (Wildman–Crippen MR) is 146 cm³/mol. The SMILES string of the molecule is CC(C)(C)c1ccccc1I(OS(=O)(=O)c1cc([N+](=O)[O-])c(Cl)s1)c1ccccc1C(C)(C)C. The summed E-state index contributed by atoms with van der Waals surface area (Å²) in [5.74, 6) is 0. The normalized spacial score (nSPS) is 13.1.